The van der Waals surface area contributed by atoms with E-state index in [0.717, 1.165) is 15.4 Å². The second-order valence-electron chi connectivity index (χ2n) is 3.65. The summed E-state index contributed by atoms with van der Waals surface area (Å²) in [7, 11) is 0. The highest BCUT2D eigenvalue weighted by atomic mass is 79.9. The van der Waals surface area contributed by atoms with Crippen LogP contribution in [0.3, 0.4) is 0 Å². The Kier molecular flexibility index (Phi) is 3.78. The molecule has 0 spiro atoms. The molecular formula is C12H13BrN2O2. The molecule has 1 aromatic heterocycles. The molecule has 0 atom stereocenters. The predicted molar refractivity (Wildman–Crippen MR) is 68.7 cm³/mol. The fraction of sp³-hybridized carbons (Fsp3) is 0.333. The molecular weight excluding hydrogens is 284 g/mol. The van der Waals surface area contributed by atoms with Crippen molar-refractivity contribution in [3.05, 3.63) is 28.9 Å². The number of nitrogens with zero attached hydrogens (tertiary/aromatic N) is 2. The van der Waals surface area contributed by atoms with Crippen molar-refractivity contribution in [1.82, 2.24) is 9.78 Å². The van der Waals surface area contributed by atoms with Gasteiger partial charge in [-0.3, -0.25) is 9.48 Å². The number of aromatic nitrogens is 2. The second kappa shape index (κ2) is 5.31. The SMILES string of the molecule is CCOC(=O)CCn1cc2cc(Br)ccc2n1. The first kappa shape index (κ1) is 12.1. The summed E-state index contributed by atoms with van der Waals surface area (Å²) in [5.41, 5.74) is 0.928. The van der Waals surface area contributed by atoms with E-state index in [4.69, 9.17) is 4.74 Å². The fourth-order valence-corrected chi connectivity index (χ4v) is 1.98. The average molecular weight is 297 g/mol. The van der Waals surface area contributed by atoms with Crippen LogP contribution in [0.2, 0.25) is 0 Å². The standard InChI is InChI=1S/C12H13BrN2O2/c1-2-17-12(16)5-6-15-8-9-7-10(13)3-4-11(9)14-15/h3-4,7-8H,2,5-6H2,1H3. The molecule has 0 saturated carbocycles. The molecule has 0 saturated heterocycles. The van der Waals surface area contributed by atoms with Crippen LogP contribution in [0, 0.1) is 0 Å². The predicted octanol–water partition coefficient (Wildman–Crippen LogP) is 2.75. The van der Waals surface area contributed by atoms with E-state index in [1.807, 2.05) is 24.4 Å². The van der Waals surface area contributed by atoms with Crippen molar-refractivity contribution in [3.8, 4) is 0 Å². The number of fused-ring (bicyclic) bond motifs is 1. The van der Waals surface area contributed by atoms with Gasteiger partial charge < -0.3 is 4.74 Å². The van der Waals surface area contributed by atoms with Crippen LogP contribution in [-0.4, -0.2) is 22.4 Å². The zero-order valence-corrected chi connectivity index (χ0v) is 11.1. The van der Waals surface area contributed by atoms with Crippen molar-refractivity contribution >= 4 is 32.8 Å². The molecule has 0 radical (unpaired) electrons. The first-order chi connectivity index (χ1) is 8.19. The fourth-order valence-electron chi connectivity index (χ4n) is 1.60. The Balaban J connectivity index is 2.07. The van der Waals surface area contributed by atoms with Crippen LogP contribution < -0.4 is 0 Å². The van der Waals surface area contributed by atoms with Crippen molar-refractivity contribution in [2.45, 2.75) is 19.9 Å². The van der Waals surface area contributed by atoms with E-state index in [1.54, 1.807) is 11.6 Å². The summed E-state index contributed by atoms with van der Waals surface area (Å²) in [4.78, 5) is 11.2. The van der Waals surface area contributed by atoms with Gasteiger partial charge in [-0.15, -0.1) is 0 Å². The van der Waals surface area contributed by atoms with Gasteiger partial charge >= 0.3 is 5.97 Å². The molecule has 0 amide bonds. The molecule has 0 aliphatic rings. The molecule has 4 nitrogen and oxygen atoms in total. The van der Waals surface area contributed by atoms with Gasteiger partial charge in [-0.05, 0) is 25.1 Å². The third-order valence-electron chi connectivity index (χ3n) is 2.36. The Morgan fingerprint density at radius 1 is 1.53 bits per heavy atom. The minimum atomic E-state index is -0.187. The summed E-state index contributed by atoms with van der Waals surface area (Å²) in [6, 6.07) is 5.90. The number of halogens is 1. The third-order valence-corrected chi connectivity index (χ3v) is 2.86. The van der Waals surface area contributed by atoms with Crippen molar-refractivity contribution in [2.75, 3.05) is 6.61 Å². The maximum absolute atomic E-state index is 11.2. The van der Waals surface area contributed by atoms with E-state index < -0.39 is 0 Å². The highest BCUT2D eigenvalue weighted by Crippen LogP contribution is 2.18. The molecule has 17 heavy (non-hydrogen) atoms. The van der Waals surface area contributed by atoms with Crippen LogP contribution in [0.15, 0.2) is 28.9 Å². The molecule has 0 aliphatic carbocycles. The van der Waals surface area contributed by atoms with Gasteiger partial charge in [0.05, 0.1) is 25.1 Å². The first-order valence-corrected chi connectivity index (χ1v) is 6.26. The second-order valence-corrected chi connectivity index (χ2v) is 4.57. The molecule has 0 fully saturated rings. The zero-order valence-electron chi connectivity index (χ0n) is 9.52. The van der Waals surface area contributed by atoms with E-state index >= 15 is 0 Å². The maximum Gasteiger partial charge on any atom is 0.307 e. The summed E-state index contributed by atoms with van der Waals surface area (Å²) < 4.78 is 7.66. The van der Waals surface area contributed by atoms with Gasteiger partial charge in [0.25, 0.3) is 0 Å². The highest BCUT2D eigenvalue weighted by molar-refractivity contribution is 9.10. The Labute approximate surface area is 108 Å². The van der Waals surface area contributed by atoms with Crippen molar-refractivity contribution in [1.29, 1.82) is 0 Å². The zero-order chi connectivity index (χ0) is 12.3. The van der Waals surface area contributed by atoms with Gasteiger partial charge in [0.2, 0.25) is 0 Å². The number of hydrogen-bond donors (Lipinski definition) is 0. The van der Waals surface area contributed by atoms with E-state index in [-0.39, 0.29) is 5.97 Å². The Morgan fingerprint density at radius 2 is 2.35 bits per heavy atom. The van der Waals surface area contributed by atoms with E-state index in [9.17, 15) is 4.79 Å². The van der Waals surface area contributed by atoms with Crippen LogP contribution in [0.4, 0.5) is 0 Å². The summed E-state index contributed by atoms with van der Waals surface area (Å²) in [5, 5.41) is 5.43. The molecule has 0 unspecified atom stereocenters. The lowest BCUT2D eigenvalue weighted by Crippen LogP contribution is -2.09. The number of benzene rings is 1. The Morgan fingerprint density at radius 3 is 3.12 bits per heavy atom. The van der Waals surface area contributed by atoms with Crippen LogP contribution in [0.1, 0.15) is 13.3 Å². The number of hydrogen-bond acceptors (Lipinski definition) is 3. The molecule has 1 aromatic carbocycles. The number of rotatable bonds is 4. The van der Waals surface area contributed by atoms with E-state index in [2.05, 4.69) is 21.0 Å². The topological polar surface area (TPSA) is 44.1 Å². The minimum Gasteiger partial charge on any atom is -0.466 e. The Hall–Kier alpha value is -1.36. The van der Waals surface area contributed by atoms with Crippen LogP contribution in [-0.2, 0) is 16.1 Å². The van der Waals surface area contributed by atoms with E-state index in [1.165, 1.54) is 0 Å². The minimum absolute atomic E-state index is 0.187. The monoisotopic (exact) mass is 296 g/mol. The first-order valence-electron chi connectivity index (χ1n) is 5.47. The summed E-state index contributed by atoms with van der Waals surface area (Å²) in [6.07, 6.45) is 2.28. The largest absolute Gasteiger partial charge is 0.466 e. The van der Waals surface area contributed by atoms with Crippen LogP contribution >= 0.6 is 15.9 Å². The molecule has 5 heteroatoms. The lowest BCUT2D eigenvalue weighted by Gasteiger charge is -2.01. The van der Waals surface area contributed by atoms with Crippen LogP contribution in [0.5, 0.6) is 0 Å². The number of ether oxygens (including phenoxy) is 1. The van der Waals surface area contributed by atoms with Gasteiger partial charge in [-0.1, -0.05) is 15.9 Å². The lowest BCUT2D eigenvalue weighted by molar-refractivity contribution is -0.143. The molecule has 0 bridgehead atoms. The smallest absolute Gasteiger partial charge is 0.307 e. The summed E-state index contributed by atoms with van der Waals surface area (Å²) in [6.45, 7) is 2.77. The molecule has 0 aliphatic heterocycles. The van der Waals surface area contributed by atoms with E-state index in [0.29, 0.717) is 19.6 Å². The maximum atomic E-state index is 11.2. The van der Waals surface area contributed by atoms with Crippen molar-refractivity contribution in [2.24, 2.45) is 0 Å². The number of aryl methyl sites for hydroxylation is 1. The number of carbonyl (C=O) groups is 1. The van der Waals surface area contributed by atoms with Gasteiger partial charge in [0, 0.05) is 16.1 Å². The van der Waals surface area contributed by atoms with Crippen molar-refractivity contribution < 1.29 is 9.53 Å². The quantitative estimate of drug-likeness (QED) is 0.815. The highest BCUT2D eigenvalue weighted by Gasteiger charge is 2.05. The van der Waals surface area contributed by atoms with Gasteiger partial charge in [-0.2, -0.15) is 5.10 Å². The molecule has 90 valence electrons. The third kappa shape index (κ3) is 3.06. The normalized spacial score (nSPS) is 10.7. The lowest BCUT2D eigenvalue weighted by atomic mass is 10.3. The van der Waals surface area contributed by atoms with Gasteiger partial charge in [0.1, 0.15) is 0 Å². The number of esters is 1. The summed E-state index contributed by atoms with van der Waals surface area (Å²) in [5.74, 6) is -0.187. The molecule has 2 aromatic rings. The summed E-state index contributed by atoms with van der Waals surface area (Å²) >= 11 is 3.41. The van der Waals surface area contributed by atoms with Crippen molar-refractivity contribution in [3.63, 3.8) is 0 Å². The van der Waals surface area contributed by atoms with Gasteiger partial charge in [0.15, 0.2) is 0 Å². The van der Waals surface area contributed by atoms with Gasteiger partial charge in [-0.25, -0.2) is 0 Å². The average Bonchev–Trinajstić information content (AvgIpc) is 2.68. The van der Waals surface area contributed by atoms with Crippen LogP contribution in [0.25, 0.3) is 10.9 Å². The molecule has 0 N–H and O–H groups in total. The molecule has 1 heterocycles. The Bertz CT molecular complexity index is 536. The molecule has 2 rings (SSSR count). The number of carbonyl (C=O) groups excluding carboxylic acids is 1.